The van der Waals surface area contributed by atoms with Crippen LogP contribution in [0.1, 0.15) is 51.6 Å². The van der Waals surface area contributed by atoms with Crippen LogP contribution in [0.15, 0.2) is 48.5 Å². The summed E-state index contributed by atoms with van der Waals surface area (Å²) >= 11 is 0. The Morgan fingerprint density at radius 2 is 1.46 bits per heavy atom. The molecule has 4 nitrogen and oxygen atoms in total. The second kappa shape index (κ2) is 7.77. The minimum absolute atomic E-state index is 0.0316. The standard InChI is InChI=1S/C20H24N2O2/c1-14(2)16-9-11-17(12-10-16)19(23)21-13-15-5-7-18(8-6-15)20(24)22(3)4/h5-12,14H,13H2,1-4H3,(H,21,23). The van der Waals surface area contributed by atoms with Crippen LogP contribution in [0.4, 0.5) is 0 Å². The number of hydrogen-bond acceptors (Lipinski definition) is 2. The van der Waals surface area contributed by atoms with E-state index in [1.54, 1.807) is 26.2 Å². The monoisotopic (exact) mass is 324 g/mol. The van der Waals surface area contributed by atoms with Gasteiger partial charge in [-0.05, 0) is 41.3 Å². The van der Waals surface area contributed by atoms with Crippen molar-refractivity contribution in [1.82, 2.24) is 10.2 Å². The third kappa shape index (κ3) is 4.44. The van der Waals surface area contributed by atoms with Gasteiger partial charge in [-0.25, -0.2) is 0 Å². The zero-order chi connectivity index (χ0) is 17.7. The Morgan fingerprint density at radius 1 is 0.917 bits per heavy atom. The van der Waals surface area contributed by atoms with E-state index in [0.717, 1.165) is 5.56 Å². The molecule has 24 heavy (non-hydrogen) atoms. The Hall–Kier alpha value is -2.62. The number of amides is 2. The summed E-state index contributed by atoms with van der Waals surface area (Å²) in [5.74, 6) is 0.320. The molecule has 0 saturated carbocycles. The summed E-state index contributed by atoms with van der Waals surface area (Å²) in [4.78, 5) is 25.6. The fourth-order valence-corrected chi connectivity index (χ4v) is 2.33. The highest BCUT2D eigenvalue weighted by Crippen LogP contribution is 2.14. The average molecular weight is 324 g/mol. The van der Waals surface area contributed by atoms with E-state index in [0.29, 0.717) is 23.6 Å². The second-order valence-electron chi connectivity index (χ2n) is 6.36. The molecule has 0 spiro atoms. The van der Waals surface area contributed by atoms with Crippen LogP contribution < -0.4 is 5.32 Å². The van der Waals surface area contributed by atoms with E-state index in [1.165, 1.54) is 10.5 Å². The molecule has 2 aromatic carbocycles. The SMILES string of the molecule is CC(C)c1ccc(C(=O)NCc2ccc(C(=O)N(C)C)cc2)cc1. The number of hydrogen-bond donors (Lipinski definition) is 1. The Morgan fingerprint density at radius 3 is 1.96 bits per heavy atom. The summed E-state index contributed by atoms with van der Waals surface area (Å²) in [6.07, 6.45) is 0. The van der Waals surface area contributed by atoms with Gasteiger partial charge in [0.1, 0.15) is 0 Å². The van der Waals surface area contributed by atoms with Crippen molar-refractivity contribution in [2.45, 2.75) is 26.3 Å². The number of carbonyl (C=O) groups is 2. The molecule has 0 fully saturated rings. The van der Waals surface area contributed by atoms with Gasteiger partial charge in [-0.15, -0.1) is 0 Å². The minimum atomic E-state index is -0.0984. The molecule has 0 radical (unpaired) electrons. The number of carbonyl (C=O) groups excluding carboxylic acids is 2. The highest BCUT2D eigenvalue weighted by molar-refractivity contribution is 5.94. The molecule has 2 rings (SSSR count). The van der Waals surface area contributed by atoms with Crippen molar-refractivity contribution in [1.29, 1.82) is 0 Å². The Kier molecular flexibility index (Phi) is 5.74. The number of rotatable bonds is 5. The van der Waals surface area contributed by atoms with Crippen LogP contribution in [0.3, 0.4) is 0 Å². The van der Waals surface area contributed by atoms with Crippen molar-refractivity contribution >= 4 is 11.8 Å². The second-order valence-corrected chi connectivity index (χ2v) is 6.36. The summed E-state index contributed by atoms with van der Waals surface area (Å²) in [7, 11) is 3.45. The Bertz CT molecular complexity index is 701. The normalized spacial score (nSPS) is 10.5. The molecule has 0 unspecified atom stereocenters. The molecule has 2 aromatic rings. The van der Waals surface area contributed by atoms with Crippen LogP contribution in [0.2, 0.25) is 0 Å². The number of nitrogens with zero attached hydrogens (tertiary/aromatic N) is 1. The summed E-state index contributed by atoms with van der Waals surface area (Å²) < 4.78 is 0. The van der Waals surface area contributed by atoms with Gasteiger partial charge in [0.05, 0.1) is 0 Å². The quantitative estimate of drug-likeness (QED) is 0.916. The highest BCUT2D eigenvalue weighted by atomic mass is 16.2. The summed E-state index contributed by atoms with van der Waals surface area (Å²) in [5.41, 5.74) is 3.46. The van der Waals surface area contributed by atoms with Crippen LogP contribution >= 0.6 is 0 Å². The molecule has 0 aromatic heterocycles. The largest absolute Gasteiger partial charge is 0.348 e. The summed E-state index contributed by atoms with van der Waals surface area (Å²) in [6.45, 7) is 4.68. The molecule has 2 amide bonds. The predicted octanol–water partition coefficient (Wildman–Crippen LogP) is 3.44. The fourth-order valence-electron chi connectivity index (χ4n) is 2.33. The molecule has 0 heterocycles. The summed E-state index contributed by atoms with van der Waals surface area (Å²) in [6, 6.07) is 15.0. The van der Waals surface area contributed by atoms with Gasteiger partial charge in [0.15, 0.2) is 0 Å². The van der Waals surface area contributed by atoms with Crippen molar-refractivity contribution in [3.63, 3.8) is 0 Å². The number of benzene rings is 2. The van der Waals surface area contributed by atoms with Gasteiger partial charge >= 0.3 is 0 Å². The number of nitrogens with one attached hydrogen (secondary N) is 1. The molecule has 0 aliphatic heterocycles. The first-order chi connectivity index (χ1) is 11.4. The molecule has 0 saturated heterocycles. The molecule has 0 bridgehead atoms. The highest BCUT2D eigenvalue weighted by Gasteiger charge is 2.09. The molecule has 0 aliphatic carbocycles. The van der Waals surface area contributed by atoms with Gasteiger partial charge in [0.25, 0.3) is 11.8 Å². The molecule has 4 heteroatoms. The third-order valence-corrected chi connectivity index (χ3v) is 3.90. The zero-order valence-corrected chi connectivity index (χ0v) is 14.7. The molecule has 0 atom stereocenters. The fraction of sp³-hybridized carbons (Fsp3) is 0.300. The maximum atomic E-state index is 12.2. The molecular formula is C20H24N2O2. The first-order valence-electron chi connectivity index (χ1n) is 8.07. The average Bonchev–Trinajstić information content (AvgIpc) is 2.59. The molecule has 126 valence electrons. The lowest BCUT2D eigenvalue weighted by Crippen LogP contribution is -2.23. The lowest BCUT2D eigenvalue weighted by Gasteiger charge is -2.11. The van der Waals surface area contributed by atoms with E-state index in [1.807, 2.05) is 36.4 Å². The van der Waals surface area contributed by atoms with Crippen molar-refractivity contribution < 1.29 is 9.59 Å². The van der Waals surface area contributed by atoms with Gasteiger partial charge in [-0.3, -0.25) is 9.59 Å². The van der Waals surface area contributed by atoms with Crippen LogP contribution in [0.5, 0.6) is 0 Å². The van der Waals surface area contributed by atoms with Crippen molar-refractivity contribution in [2.24, 2.45) is 0 Å². The van der Waals surface area contributed by atoms with Crippen LogP contribution in [0.25, 0.3) is 0 Å². The van der Waals surface area contributed by atoms with Crippen molar-refractivity contribution in [3.05, 3.63) is 70.8 Å². The molecule has 1 N–H and O–H groups in total. The van der Waals surface area contributed by atoms with Crippen LogP contribution in [-0.4, -0.2) is 30.8 Å². The van der Waals surface area contributed by atoms with Gasteiger partial charge < -0.3 is 10.2 Å². The topological polar surface area (TPSA) is 49.4 Å². The molecule has 0 aliphatic rings. The minimum Gasteiger partial charge on any atom is -0.348 e. The maximum Gasteiger partial charge on any atom is 0.253 e. The first kappa shape index (κ1) is 17.7. The Balaban J connectivity index is 1.95. The van der Waals surface area contributed by atoms with Gasteiger partial charge in [0.2, 0.25) is 0 Å². The summed E-state index contributed by atoms with van der Waals surface area (Å²) in [5, 5.41) is 2.90. The van der Waals surface area contributed by atoms with Crippen molar-refractivity contribution in [2.75, 3.05) is 14.1 Å². The lowest BCUT2D eigenvalue weighted by molar-refractivity contribution is 0.0827. The third-order valence-electron chi connectivity index (χ3n) is 3.90. The van der Waals surface area contributed by atoms with Gasteiger partial charge in [-0.2, -0.15) is 0 Å². The smallest absolute Gasteiger partial charge is 0.253 e. The van der Waals surface area contributed by atoms with Crippen LogP contribution in [0, 0.1) is 0 Å². The van der Waals surface area contributed by atoms with Crippen LogP contribution in [-0.2, 0) is 6.54 Å². The van der Waals surface area contributed by atoms with E-state index >= 15 is 0 Å². The molecular weight excluding hydrogens is 300 g/mol. The van der Waals surface area contributed by atoms with E-state index in [2.05, 4.69) is 19.2 Å². The van der Waals surface area contributed by atoms with E-state index in [9.17, 15) is 9.59 Å². The zero-order valence-electron chi connectivity index (χ0n) is 14.7. The van der Waals surface area contributed by atoms with E-state index in [4.69, 9.17) is 0 Å². The first-order valence-corrected chi connectivity index (χ1v) is 8.07. The lowest BCUT2D eigenvalue weighted by atomic mass is 10.0. The van der Waals surface area contributed by atoms with E-state index in [-0.39, 0.29) is 11.8 Å². The van der Waals surface area contributed by atoms with Gasteiger partial charge in [-0.1, -0.05) is 38.1 Å². The maximum absolute atomic E-state index is 12.2. The Labute approximate surface area is 143 Å². The van der Waals surface area contributed by atoms with Gasteiger partial charge in [0, 0.05) is 31.8 Å². The predicted molar refractivity (Wildman–Crippen MR) is 96.2 cm³/mol. The van der Waals surface area contributed by atoms with Crippen molar-refractivity contribution in [3.8, 4) is 0 Å². The van der Waals surface area contributed by atoms with E-state index < -0.39 is 0 Å².